The summed E-state index contributed by atoms with van der Waals surface area (Å²) in [5.41, 5.74) is 1.50. The zero-order valence-corrected chi connectivity index (χ0v) is 17.7. The number of aromatic nitrogens is 4. The highest BCUT2D eigenvalue weighted by Gasteiger charge is 2.38. The second kappa shape index (κ2) is 9.43. The Kier molecular flexibility index (Phi) is 6.43. The molecule has 33 heavy (non-hydrogen) atoms. The van der Waals surface area contributed by atoms with Crippen LogP contribution in [0.3, 0.4) is 0 Å². The minimum Gasteiger partial charge on any atom is -0.444 e. The highest BCUT2D eigenvalue weighted by molar-refractivity contribution is 5.85. The van der Waals surface area contributed by atoms with Gasteiger partial charge in [0.1, 0.15) is 18.1 Å². The first-order valence-electron chi connectivity index (χ1n) is 10.3. The molecule has 1 amide bonds. The van der Waals surface area contributed by atoms with Crippen molar-refractivity contribution in [2.75, 3.05) is 23.3 Å². The van der Waals surface area contributed by atoms with Crippen LogP contribution in [0.25, 0.3) is 11.5 Å². The van der Waals surface area contributed by atoms with E-state index in [0.29, 0.717) is 11.4 Å². The molecule has 1 aliphatic heterocycles. The maximum absolute atomic E-state index is 12.6. The molecule has 0 saturated carbocycles. The molecule has 0 aromatic carbocycles. The summed E-state index contributed by atoms with van der Waals surface area (Å²) in [5, 5.41) is 5.85. The lowest BCUT2D eigenvalue weighted by Crippen LogP contribution is -2.30. The van der Waals surface area contributed by atoms with Gasteiger partial charge in [-0.15, -0.1) is 0 Å². The number of halogens is 3. The third-order valence-corrected chi connectivity index (χ3v) is 5.08. The van der Waals surface area contributed by atoms with Gasteiger partial charge in [0.05, 0.1) is 11.4 Å². The Morgan fingerprint density at radius 2 is 1.94 bits per heavy atom. The Balaban J connectivity index is 1.32. The van der Waals surface area contributed by atoms with Crippen molar-refractivity contribution in [1.29, 1.82) is 0 Å². The standard InChI is InChI=1S/C21H21F3N6O3/c1-13-15(6-7-16(26-13)18-28-19(33-29-18)21(22,23)24)27-20(31)32-12-14-5-8-17(25-11-14)30-9-3-2-4-10-30/h5-8,11H,2-4,9-10,12H2,1H3,(H,27,31). The molecule has 0 aliphatic carbocycles. The van der Waals surface area contributed by atoms with Crippen LogP contribution in [0.2, 0.25) is 0 Å². The van der Waals surface area contributed by atoms with Gasteiger partial charge in [0.2, 0.25) is 5.82 Å². The first-order chi connectivity index (χ1) is 15.8. The highest BCUT2D eigenvalue weighted by atomic mass is 19.4. The van der Waals surface area contributed by atoms with Crippen LogP contribution >= 0.6 is 0 Å². The molecule has 1 N–H and O–H groups in total. The van der Waals surface area contributed by atoms with E-state index < -0.39 is 18.2 Å². The predicted octanol–water partition coefficient (Wildman–Crippen LogP) is 4.59. The highest BCUT2D eigenvalue weighted by Crippen LogP contribution is 2.29. The van der Waals surface area contributed by atoms with Crippen molar-refractivity contribution < 1.29 is 27.2 Å². The number of rotatable bonds is 5. The molecule has 0 bridgehead atoms. The molecule has 4 heterocycles. The van der Waals surface area contributed by atoms with E-state index >= 15 is 0 Å². The van der Waals surface area contributed by atoms with Crippen molar-refractivity contribution >= 4 is 17.6 Å². The van der Waals surface area contributed by atoms with Crippen LogP contribution in [0.4, 0.5) is 29.5 Å². The number of alkyl halides is 3. The monoisotopic (exact) mass is 462 g/mol. The van der Waals surface area contributed by atoms with Crippen LogP contribution in [0.5, 0.6) is 0 Å². The Bertz CT molecular complexity index is 1110. The number of piperidine rings is 1. The van der Waals surface area contributed by atoms with Gasteiger partial charge in [0.15, 0.2) is 0 Å². The van der Waals surface area contributed by atoms with Gasteiger partial charge in [0, 0.05) is 24.8 Å². The minimum absolute atomic E-state index is 0.0345. The van der Waals surface area contributed by atoms with Gasteiger partial charge in [-0.3, -0.25) is 5.32 Å². The van der Waals surface area contributed by atoms with E-state index in [1.165, 1.54) is 18.6 Å². The number of carbonyl (C=O) groups excluding carboxylic acids is 1. The van der Waals surface area contributed by atoms with Gasteiger partial charge in [-0.2, -0.15) is 18.2 Å². The van der Waals surface area contributed by atoms with E-state index in [1.807, 2.05) is 12.1 Å². The topological polar surface area (TPSA) is 106 Å². The van der Waals surface area contributed by atoms with Crippen molar-refractivity contribution in [3.63, 3.8) is 0 Å². The Labute approximate surface area is 187 Å². The predicted molar refractivity (Wildman–Crippen MR) is 111 cm³/mol. The van der Waals surface area contributed by atoms with E-state index in [9.17, 15) is 18.0 Å². The van der Waals surface area contributed by atoms with Gasteiger partial charge in [-0.05, 0) is 44.4 Å². The molecule has 0 spiro atoms. The fourth-order valence-corrected chi connectivity index (χ4v) is 3.37. The molecular weight excluding hydrogens is 441 g/mol. The molecule has 0 radical (unpaired) electrons. The maximum Gasteiger partial charge on any atom is 0.471 e. The number of anilines is 2. The molecule has 0 unspecified atom stereocenters. The van der Waals surface area contributed by atoms with Crippen LogP contribution in [0.1, 0.15) is 36.4 Å². The lowest BCUT2D eigenvalue weighted by Gasteiger charge is -2.27. The maximum atomic E-state index is 12.6. The first-order valence-corrected chi connectivity index (χ1v) is 10.3. The number of nitrogens with one attached hydrogen (secondary N) is 1. The smallest absolute Gasteiger partial charge is 0.444 e. The van der Waals surface area contributed by atoms with Gasteiger partial charge in [-0.25, -0.2) is 14.8 Å². The average Bonchev–Trinajstić information content (AvgIpc) is 3.31. The molecule has 0 atom stereocenters. The number of hydrogen-bond donors (Lipinski definition) is 1. The molecule has 3 aromatic heterocycles. The van der Waals surface area contributed by atoms with Crippen LogP contribution in [-0.2, 0) is 17.5 Å². The number of nitrogens with zero attached hydrogens (tertiary/aromatic N) is 5. The van der Waals surface area contributed by atoms with Crippen molar-refractivity contribution in [1.82, 2.24) is 20.1 Å². The fraction of sp³-hybridized carbons (Fsp3) is 0.381. The summed E-state index contributed by atoms with van der Waals surface area (Å²) in [6.45, 7) is 3.60. The number of amides is 1. The second-order valence-electron chi connectivity index (χ2n) is 7.52. The third-order valence-electron chi connectivity index (χ3n) is 5.08. The molecule has 1 fully saturated rings. The average molecular weight is 462 g/mol. The van der Waals surface area contributed by atoms with Crippen molar-refractivity contribution in [2.45, 2.75) is 39.0 Å². The second-order valence-corrected chi connectivity index (χ2v) is 7.52. The molecule has 9 nitrogen and oxygen atoms in total. The van der Waals surface area contributed by atoms with Crippen LogP contribution in [0.15, 0.2) is 35.0 Å². The van der Waals surface area contributed by atoms with Gasteiger partial charge < -0.3 is 14.2 Å². The molecule has 1 saturated heterocycles. The van der Waals surface area contributed by atoms with Gasteiger partial charge >= 0.3 is 18.2 Å². The SMILES string of the molecule is Cc1nc(-c2noc(C(F)(F)F)n2)ccc1NC(=O)OCc1ccc(N2CCCCC2)nc1. The van der Waals surface area contributed by atoms with E-state index in [2.05, 4.69) is 34.8 Å². The Morgan fingerprint density at radius 3 is 2.58 bits per heavy atom. The van der Waals surface area contributed by atoms with Crippen LogP contribution in [0, 0.1) is 6.92 Å². The summed E-state index contributed by atoms with van der Waals surface area (Å²) >= 11 is 0. The zero-order chi connectivity index (χ0) is 23.4. The summed E-state index contributed by atoms with van der Waals surface area (Å²) < 4.78 is 47.3. The quantitative estimate of drug-likeness (QED) is 0.587. The Hall–Kier alpha value is -3.70. The van der Waals surface area contributed by atoms with Crippen molar-refractivity contribution in [2.24, 2.45) is 0 Å². The van der Waals surface area contributed by atoms with E-state index in [-0.39, 0.29) is 18.1 Å². The summed E-state index contributed by atoms with van der Waals surface area (Å²) in [5.74, 6) is -0.852. The molecule has 12 heteroatoms. The fourth-order valence-electron chi connectivity index (χ4n) is 3.37. The normalized spacial score (nSPS) is 14.2. The summed E-state index contributed by atoms with van der Waals surface area (Å²) in [4.78, 5) is 26.3. The van der Waals surface area contributed by atoms with E-state index in [1.54, 1.807) is 13.1 Å². The number of pyridine rings is 2. The Morgan fingerprint density at radius 1 is 1.15 bits per heavy atom. The molecule has 174 valence electrons. The van der Waals surface area contributed by atoms with Gasteiger partial charge in [-0.1, -0.05) is 11.2 Å². The number of hydrogen-bond acceptors (Lipinski definition) is 8. The molecular formula is C21H21F3N6O3. The lowest BCUT2D eigenvalue weighted by molar-refractivity contribution is -0.159. The molecule has 3 aromatic rings. The number of carbonyl (C=O) groups is 1. The largest absolute Gasteiger partial charge is 0.471 e. The van der Waals surface area contributed by atoms with Crippen LogP contribution in [-0.4, -0.2) is 39.3 Å². The summed E-state index contributed by atoms with van der Waals surface area (Å²) in [6, 6.07) is 6.62. The van der Waals surface area contributed by atoms with E-state index in [4.69, 9.17) is 4.74 Å². The lowest BCUT2D eigenvalue weighted by atomic mass is 10.1. The van der Waals surface area contributed by atoms with Crippen LogP contribution < -0.4 is 10.2 Å². The van der Waals surface area contributed by atoms with Crippen molar-refractivity contribution in [3.8, 4) is 11.5 Å². The number of ether oxygens (including phenoxy) is 1. The summed E-state index contributed by atoms with van der Waals surface area (Å²) in [6.07, 6.45) is -0.206. The molecule has 1 aliphatic rings. The number of aryl methyl sites for hydroxylation is 1. The van der Waals surface area contributed by atoms with Gasteiger partial charge in [0.25, 0.3) is 0 Å². The zero-order valence-electron chi connectivity index (χ0n) is 17.7. The first kappa shape index (κ1) is 22.5. The summed E-state index contributed by atoms with van der Waals surface area (Å²) in [7, 11) is 0. The van der Waals surface area contributed by atoms with E-state index in [0.717, 1.165) is 37.3 Å². The minimum atomic E-state index is -4.74. The van der Waals surface area contributed by atoms with Crippen molar-refractivity contribution in [3.05, 3.63) is 47.6 Å². The molecule has 4 rings (SSSR count). The third kappa shape index (κ3) is 5.57.